The Kier molecular flexibility index (Phi) is 10.0. The highest BCUT2D eigenvalue weighted by atomic mass is 32.2. The number of nitrogens with zero attached hydrogens (tertiary/aromatic N) is 4. The number of piperidine rings is 2. The summed E-state index contributed by atoms with van der Waals surface area (Å²) in [5.74, 6) is 0.376. The largest absolute Gasteiger partial charge is 0.348 e. The zero-order chi connectivity index (χ0) is 42.3. The van der Waals surface area contributed by atoms with Gasteiger partial charge in [0.2, 0.25) is 0 Å². The van der Waals surface area contributed by atoms with Crippen LogP contribution in [0.25, 0.3) is 0 Å². The lowest BCUT2D eigenvalue weighted by molar-refractivity contribution is 0.204. The van der Waals surface area contributed by atoms with Crippen molar-refractivity contribution in [3.05, 3.63) is 85.7 Å². The van der Waals surface area contributed by atoms with E-state index in [0.717, 1.165) is 164 Å². The molecule has 4 aliphatic carbocycles. The number of rotatable bonds is 6. The van der Waals surface area contributed by atoms with E-state index in [1.807, 2.05) is 4.68 Å². The van der Waals surface area contributed by atoms with Gasteiger partial charge in [0, 0.05) is 55.2 Å². The van der Waals surface area contributed by atoms with Crippen LogP contribution in [-0.2, 0) is 84.5 Å². The number of benzene rings is 2. The highest BCUT2D eigenvalue weighted by molar-refractivity contribution is 7.90. The number of carbonyl (C=O) groups excluding carboxylic acids is 2. The summed E-state index contributed by atoms with van der Waals surface area (Å²) in [7, 11) is -8.01. The lowest BCUT2D eigenvalue weighted by Gasteiger charge is -2.26. The summed E-state index contributed by atoms with van der Waals surface area (Å²) < 4.78 is 58.2. The summed E-state index contributed by atoms with van der Waals surface area (Å²) in [6.07, 6.45) is 16.2. The number of aryl methyl sites for hydroxylation is 4. The number of sulfonamides is 2. The Labute approximate surface area is 362 Å². The summed E-state index contributed by atoms with van der Waals surface area (Å²) in [4.78, 5) is 33.4. The van der Waals surface area contributed by atoms with Gasteiger partial charge in [-0.15, -0.1) is 0 Å². The van der Waals surface area contributed by atoms with E-state index in [9.17, 15) is 26.4 Å². The summed E-state index contributed by atoms with van der Waals surface area (Å²) in [6, 6.07) is 6.75. The molecule has 0 spiro atoms. The number of aromatic amines is 1. The molecule has 15 nitrogen and oxygen atoms in total. The van der Waals surface area contributed by atoms with Crippen LogP contribution < -0.4 is 20.1 Å². The van der Waals surface area contributed by atoms with E-state index in [1.165, 1.54) is 44.5 Å². The Morgan fingerprint density at radius 1 is 0.581 bits per heavy atom. The van der Waals surface area contributed by atoms with Crippen molar-refractivity contribution >= 4 is 43.5 Å². The van der Waals surface area contributed by atoms with E-state index >= 15 is 0 Å². The number of hydrogen-bond donors (Lipinski definition) is 5. The molecule has 2 fully saturated rings. The smallest absolute Gasteiger partial charge is 0.333 e. The van der Waals surface area contributed by atoms with Gasteiger partial charge in [-0.05, 0) is 172 Å². The first-order chi connectivity index (χ1) is 30.0. The Morgan fingerprint density at radius 3 is 1.60 bits per heavy atom. The molecule has 2 aromatic heterocycles. The summed E-state index contributed by atoms with van der Waals surface area (Å²) in [5.41, 5.74) is 14.6. The van der Waals surface area contributed by atoms with Crippen LogP contribution in [-0.4, -0.2) is 79.6 Å². The van der Waals surface area contributed by atoms with Crippen molar-refractivity contribution in [3.8, 4) is 0 Å². The molecule has 8 heterocycles. The van der Waals surface area contributed by atoms with Crippen LogP contribution in [0.1, 0.15) is 125 Å². The van der Waals surface area contributed by atoms with Crippen LogP contribution in [0.15, 0.2) is 34.3 Å². The normalized spacial score (nSPS) is 23.7. The number of amides is 4. The maximum atomic E-state index is 13.0. The first-order valence-corrected chi connectivity index (χ1v) is 25.7. The standard InChI is InChI=1S/C23H28N4O3S.C22H27N5O3S/c28-23(25-22-18-5-1-3-15(18)11-16-4-2-6-19(16)22)26-31(29,30)20-12-17-13-27-9-7-14(8-10-27)21(17)24-20;28-22(23-21-18-5-1-3-14(18)11-15-4-2-6-19(15)21)25-31(29,30)20-12-17-13-26-9-7-16(8-10-26)27(17)24-20/h11-12,14,24H,1-10,13H2,(H2,25,26,28);11-12,16H,1-10,13H2,(H2,23,25,28). The van der Waals surface area contributed by atoms with E-state index in [-0.39, 0.29) is 16.1 Å². The average Bonchev–Trinajstić information content (AvgIpc) is 4.11. The summed E-state index contributed by atoms with van der Waals surface area (Å²) in [6.45, 7) is 5.62. The van der Waals surface area contributed by atoms with E-state index in [2.05, 4.69) is 52.1 Å². The van der Waals surface area contributed by atoms with Crippen molar-refractivity contribution in [2.45, 2.75) is 138 Å². The van der Waals surface area contributed by atoms with E-state index in [1.54, 1.807) is 12.1 Å². The van der Waals surface area contributed by atoms with Crippen LogP contribution in [0, 0.1) is 0 Å². The van der Waals surface area contributed by atoms with Crippen LogP contribution in [0.5, 0.6) is 0 Å². The van der Waals surface area contributed by atoms with Crippen molar-refractivity contribution < 1.29 is 26.4 Å². The molecule has 10 aliphatic rings. The molecule has 2 saturated heterocycles. The Morgan fingerprint density at radius 2 is 1.06 bits per heavy atom. The molecule has 0 unspecified atom stereocenters. The van der Waals surface area contributed by atoms with Gasteiger partial charge >= 0.3 is 12.1 Å². The maximum Gasteiger partial charge on any atom is 0.333 e. The fourth-order valence-electron chi connectivity index (χ4n) is 11.8. The molecule has 4 aromatic rings. The number of carbonyl (C=O) groups is 2. The van der Waals surface area contributed by atoms with E-state index < -0.39 is 32.1 Å². The number of urea groups is 2. The molecule has 5 N–H and O–H groups in total. The predicted octanol–water partition coefficient (Wildman–Crippen LogP) is 5.72. The fraction of sp³-hybridized carbons (Fsp3) is 0.533. The van der Waals surface area contributed by atoms with E-state index in [4.69, 9.17) is 0 Å². The molecule has 328 valence electrons. The van der Waals surface area contributed by atoms with Gasteiger partial charge in [-0.1, -0.05) is 12.1 Å². The van der Waals surface area contributed by atoms with Crippen molar-refractivity contribution in [2.24, 2.45) is 0 Å². The molecule has 0 atom stereocenters. The summed E-state index contributed by atoms with van der Waals surface area (Å²) in [5, 5.41) is 10.2. The minimum atomic E-state index is -4.04. The van der Waals surface area contributed by atoms with Gasteiger partial charge in [0.15, 0.2) is 10.1 Å². The zero-order valence-electron chi connectivity index (χ0n) is 35.1. The van der Waals surface area contributed by atoms with Crippen molar-refractivity contribution in [1.82, 2.24) is 34.0 Å². The van der Waals surface area contributed by atoms with E-state index in [0.29, 0.717) is 12.5 Å². The Hall–Kier alpha value is -4.71. The molecule has 62 heavy (non-hydrogen) atoms. The molecule has 14 rings (SSSR count). The Bertz CT molecular complexity index is 2480. The van der Waals surface area contributed by atoms with Crippen molar-refractivity contribution in [2.75, 3.05) is 36.8 Å². The van der Waals surface area contributed by atoms with Gasteiger partial charge < -0.3 is 15.6 Å². The van der Waals surface area contributed by atoms with Crippen LogP contribution in [0.3, 0.4) is 0 Å². The number of fused-ring (bicyclic) bond motifs is 8. The second-order valence-electron chi connectivity index (χ2n) is 18.6. The number of H-pyrrole nitrogens is 1. The monoisotopic (exact) mass is 881 g/mol. The third-order valence-electron chi connectivity index (χ3n) is 14.8. The third kappa shape index (κ3) is 7.31. The first kappa shape index (κ1) is 40.1. The second kappa shape index (κ2) is 15.5. The molecular formula is C45H55N9O6S2. The molecular weight excluding hydrogens is 827 g/mol. The lowest BCUT2D eigenvalue weighted by atomic mass is 9.95. The first-order valence-electron chi connectivity index (χ1n) is 22.7. The SMILES string of the molecule is O=C(Nc1c2c(cc3c1CCC3)CCC2)NS(=O)(=O)c1cc2c([nH]1)C1CCN(CC1)C2.O=C(Nc1c2c(cc3c1CCC3)CCC2)NS(=O)(=O)c1cc2n(n1)C1CCN(CC1)C2. The minimum absolute atomic E-state index is 0.0741. The molecule has 0 radical (unpaired) electrons. The summed E-state index contributed by atoms with van der Waals surface area (Å²) >= 11 is 0. The lowest BCUT2D eigenvalue weighted by Crippen LogP contribution is -2.35. The number of nitrogens with one attached hydrogen (secondary N) is 5. The Balaban J connectivity index is 0.000000139. The van der Waals surface area contributed by atoms with Crippen LogP contribution in [0.2, 0.25) is 0 Å². The highest BCUT2D eigenvalue weighted by Crippen LogP contribution is 2.41. The topological polar surface area (TPSA) is 191 Å². The van der Waals surface area contributed by atoms with Gasteiger partial charge in [0.25, 0.3) is 20.0 Å². The molecule has 2 aromatic carbocycles. The average molecular weight is 882 g/mol. The molecule has 6 aliphatic heterocycles. The number of hydrogen-bond acceptors (Lipinski definition) is 9. The molecule has 17 heteroatoms. The number of anilines is 2. The molecule has 4 bridgehead atoms. The molecule has 4 amide bonds. The van der Waals surface area contributed by atoms with Gasteiger partial charge in [0.1, 0.15) is 0 Å². The highest BCUT2D eigenvalue weighted by Gasteiger charge is 2.35. The number of aromatic nitrogens is 3. The van der Waals surface area contributed by atoms with Gasteiger partial charge in [-0.25, -0.2) is 19.0 Å². The van der Waals surface area contributed by atoms with Crippen LogP contribution >= 0.6 is 0 Å². The second-order valence-corrected chi connectivity index (χ2v) is 21.9. The molecule has 0 saturated carbocycles. The maximum absolute atomic E-state index is 13.0. The zero-order valence-corrected chi connectivity index (χ0v) is 36.7. The van der Waals surface area contributed by atoms with Gasteiger partial charge in [-0.3, -0.25) is 14.5 Å². The van der Waals surface area contributed by atoms with Crippen molar-refractivity contribution in [3.63, 3.8) is 0 Å². The quantitative estimate of drug-likeness (QED) is 0.161. The van der Waals surface area contributed by atoms with Gasteiger partial charge in [-0.2, -0.15) is 21.9 Å². The predicted molar refractivity (Wildman–Crippen MR) is 233 cm³/mol. The third-order valence-corrected chi connectivity index (χ3v) is 17.3. The minimum Gasteiger partial charge on any atom is -0.348 e. The fourth-order valence-corrected chi connectivity index (χ4v) is 13.7. The van der Waals surface area contributed by atoms with Gasteiger partial charge in [0.05, 0.1) is 11.7 Å². The van der Waals surface area contributed by atoms with Crippen LogP contribution in [0.4, 0.5) is 21.0 Å². The van der Waals surface area contributed by atoms with Crippen molar-refractivity contribution in [1.29, 1.82) is 0 Å².